The van der Waals surface area contributed by atoms with Crippen LogP contribution in [-0.2, 0) is 16.0 Å². The van der Waals surface area contributed by atoms with Crippen LogP contribution in [0.4, 0.5) is 5.69 Å². The quantitative estimate of drug-likeness (QED) is 0.421. The minimum Gasteiger partial charge on any atom is -0.351 e. The van der Waals surface area contributed by atoms with Gasteiger partial charge in [0.2, 0.25) is 0 Å². The zero-order valence-corrected chi connectivity index (χ0v) is 18.8. The maximum absolute atomic E-state index is 12.4. The van der Waals surface area contributed by atoms with E-state index in [1.165, 1.54) is 20.9 Å². The lowest BCUT2D eigenvalue weighted by Gasteiger charge is -2.29. The standard InChI is InChI=1S/C25H34N4O2/c1-20-8-6-12-23(21(20)2)27-25(31)19-29-16-14-28(15-17-29)18-24(30)26-13-7-11-22-9-4-3-5-10-22/h3-6,8-10,12H,7,11,13-19H2,1-2H3,(H,26,30)(H,27,31)/p+2. The maximum atomic E-state index is 12.4. The van der Waals surface area contributed by atoms with Crippen LogP contribution in [0.5, 0.6) is 0 Å². The molecule has 0 unspecified atom stereocenters. The fourth-order valence-electron chi connectivity index (χ4n) is 4.07. The highest BCUT2D eigenvalue weighted by molar-refractivity contribution is 5.92. The zero-order valence-electron chi connectivity index (χ0n) is 18.8. The first-order valence-corrected chi connectivity index (χ1v) is 11.3. The van der Waals surface area contributed by atoms with Gasteiger partial charge in [-0.2, -0.15) is 0 Å². The van der Waals surface area contributed by atoms with Gasteiger partial charge in [-0.05, 0) is 49.4 Å². The second-order valence-electron chi connectivity index (χ2n) is 8.59. The van der Waals surface area contributed by atoms with Gasteiger partial charge in [-0.25, -0.2) is 0 Å². The lowest BCUT2D eigenvalue weighted by Crippen LogP contribution is -3.28. The van der Waals surface area contributed by atoms with Crippen molar-refractivity contribution in [3.63, 3.8) is 0 Å². The zero-order chi connectivity index (χ0) is 22.1. The fraction of sp³-hybridized carbons (Fsp3) is 0.440. The summed E-state index contributed by atoms with van der Waals surface area (Å²) in [6, 6.07) is 16.3. The summed E-state index contributed by atoms with van der Waals surface area (Å²) in [5.41, 5.74) is 4.51. The van der Waals surface area contributed by atoms with E-state index in [2.05, 4.69) is 35.8 Å². The average molecular weight is 425 g/mol. The molecule has 1 aliphatic heterocycles. The minimum absolute atomic E-state index is 0.0586. The van der Waals surface area contributed by atoms with Crippen LogP contribution in [-0.4, -0.2) is 57.6 Å². The van der Waals surface area contributed by atoms with Gasteiger partial charge in [0, 0.05) is 12.2 Å². The van der Waals surface area contributed by atoms with Crippen molar-refractivity contribution in [1.82, 2.24) is 5.32 Å². The molecule has 0 aromatic heterocycles. The maximum Gasteiger partial charge on any atom is 0.279 e. The molecule has 1 fully saturated rings. The molecule has 2 aromatic carbocycles. The van der Waals surface area contributed by atoms with Crippen LogP contribution in [0.2, 0.25) is 0 Å². The summed E-state index contributed by atoms with van der Waals surface area (Å²) in [5.74, 6) is 0.183. The number of carbonyl (C=O) groups is 2. The number of quaternary nitrogens is 2. The van der Waals surface area contributed by atoms with Crippen LogP contribution in [0.25, 0.3) is 0 Å². The predicted molar refractivity (Wildman–Crippen MR) is 123 cm³/mol. The molecule has 2 amide bonds. The van der Waals surface area contributed by atoms with E-state index in [0.29, 0.717) is 13.1 Å². The molecular formula is C25H36N4O2+2. The first kappa shape index (κ1) is 23.0. The Morgan fingerprint density at radius 2 is 1.48 bits per heavy atom. The van der Waals surface area contributed by atoms with Crippen molar-refractivity contribution in [3.8, 4) is 0 Å². The van der Waals surface area contributed by atoms with Gasteiger partial charge in [0.05, 0.1) is 0 Å². The lowest BCUT2D eigenvalue weighted by atomic mass is 10.1. The predicted octanol–water partition coefficient (Wildman–Crippen LogP) is -0.226. The van der Waals surface area contributed by atoms with Crippen LogP contribution in [0, 0.1) is 13.8 Å². The van der Waals surface area contributed by atoms with Gasteiger partial charge in [-0.15, -0.1) is 0 Å². The summed E-state index contributed by atoms with van der Waals surface area (Å²) in [4.78, 5) is 27.3. The smallest absolute Gasteiger partial charge is 0.279 e. The van der Waals surface area contributed by atoms with E-state index in [1.807, 2.05) is 37.3 Å². The Labute approximate surface area is 185 Å². The molecule has 1 saturated heterocycles. The second-order valence-corrected chi connectivity index (χ2v) is 8.59. The minimum atomic E-state index is 0.0586. The molecule has 0 bridgehead atoms. The number of rotatable bonds is 9. The highest BCUT2D eigenvalue weighted by Crippen LogP contribution is 2.17. The normalized spacial score (nSPS) is 18.4. The Kier molecular flexibility index (Phi) is 8.62. The largest absolute Gasteiger partial charge is 0.351 e. The molecule has 0 radical (unpaired) electrons. The Balaban J connectivity index is 1.30. The number of amides is 2. The first-order chi connectivity index (χ1) is 15.0. The van der Waals surface area contributed by atoms with Crippen molar-refractivity contribution < 1.29 is 19.4 Å². The Morgan fingerprint density at radius 3 is 2.16 bits per heavy atom. The van der Waals surface area contributed by atoms with Gasteiger partial charge in [0.25, 0.3) is 11.8 Å². The molecule has 6 nitrogen and oxygen atoms in total. The summed E-state index contributed by atoms with van der Waals surface area (Å²) in [5, 5.41) is 6.10. The molecule has 4 N–H and O–H groups in total. The third kappa shape index (κ3) is 7.49. The van der Waals surface area contributed by atoms with Crippen molar-refractivity contribution in [3.05, 3.63) is 65.2 Å². The summed E-state index contributed by atoms with van der Waals surface area (Å²) in [6.07, 6.45) is 1.94. The van der Waals surface area contributed by atoms with Crippen LogP contribution in [0.1, 0.15) is 23.1 Å². The summed E-state index contributed by atoms with van der Waals surface area (Å²) in [6.45, 7) is 9.47. The number of aryl methyl sites for hydroxylation is 2. The van der Waals surface area contributed by atoms with Crippen molar-refractivity contribution in [2.45, 2.75) is 26.7 Å². The van der Waals surface area contributed by atoms with E-state index in [9.17, 15) is 9.59 Å². The van der Waals surface area contributed by atoms with Crippen molar-refractivity contribution in [2.75, 3.05) is 51.1 Å². The van der Waals surface area contributed by atoms with Gasteiger partial charge in [0.1, 0.15) is 26.2 Å². The molecule has 0 aliphatic carbocycles. The highest BCUT2D eigenvalue weighted by Gasteiger charge is 2.26. The van der Waals surface area contributed by atoms with E-state index in [-0.39, 0.29) is 11.8 Å². The van der Waals surface area contributed by atoms with E-state index < -0.39 is 0 Å². The highest BCUT2D eigenvalue weighted by atomic mass is 16.2. The second kappa shape index (κ2) is 11.6. The SMILES string of the molecule is Cc1cccc(NC(=O)C[NH+]2CC[NH+](CC(=O)NCCCc3ccccc3)CC2)c1C. The number of hydrogen-bond acceptors (Lipinski definition) is 2. The molecule has 2 aromatic rings. The van der Waals surface area contributed by atoms with E-state index in [1.54, 1.807) is 0 Å². The average Bonchev–Trinajstić information content (AvgIpc) is 2.77. The summed E-state index contributed by atoms with van der Waals surface area (Å²) >= 11 is 0. The van der Waals surface area contributed by atoms with Crippen LogP contribution < -0.4 is 20.4 Å². The fourth-order valence-corrected chi connectivity index (χ4v) is 4.07. The summed E-state index contributed by atoms with van der Waals surface area (Å²) < 4.78 is 0. The molecule has 31 heavy (non-hydrogen) atoms. The third-order valence-corrected chi connectivity index (χ3v) is 6.17. The molecule has 3 rings (SSSR count). The van der Waals surface area contributed by atoms with Gasteiger partial charge in [0.15, 0.2) is 13.1 Å². The summed E-state index contributed by atoms with van der Waals surface area (Å²) in [7, 11) is 0. The molecule has 0 spiro atoms. The van der Waals surface area contributed by atoms with Gasteiger partial charge < -0.3 is 20.4 Å². The monoisotopic (exact) mass is 424 g/mol. The Bertz CT molecular complexity index is 861. The van der Waals surface area contributed by atoms with Crippen molar-refractivity contribution in [2.24, 2.45) is 0 Å². The van der Waals surface area contributed by atoms with Crippen LogP contribution in [0.15, 0.2) is 48.5 Å². The molecule has 166 valence electrons. The Hall–Kier alpha value is -2.70. The molecular weight excluding hydrogens is 388 g/mol. The van der Waals surface area contributed by atoms with Crippen LogP contribution in [0.3, 0.4) is 0 Å². The molecule has 1 aliphatic rings. The molecule has 0 atom stereocenters. The Morgan fingerprint density at radius 1 is 0.839 bits per heavy atom. The van der Waals surface area contributed by atoms with Crippen molar-refractivity contribution in [1.29, 1.82) is 0 Å². The number of piperazine rings is 1. The molecule has 1 heterocycles. The topological polar surface area (TPSA) is 67.1 Å². The third-order valence-electron chi connectivity index (χ3n) is 6.17. The lowest BCUT2D eigenvalue weighted by molar-refractivity contribution is -1.00. The van der Waals surface area contributed by atoms with E-state index >= 15 is 0 Å². The number of carbonyl (C=O) groups excluding carboxylic acids is 2. The number of anilines is 1. The van der Waals surface area contributed by atoms with Crippen LogP contribution >= 0.6 is 0 Å². The van der Waals surface area contributed by atoms with E-state index in [4.69, 9.17) is 0 Å². The molecule has 6 heteroatoms. The van der Waals surface area contributed by atoms with Gasteiger partial charge in [-0.1, -0.05) is 42.5 Å². The molecule has 0 saturated carbocycles. The number of benzene rings is 2. The van der Waals surface area contributed by atoms with E-state index in [0.717, 1.165) is 56.8 Å². The number of nitrogens with one attached hydrogen (secondary N) is 4. The first-order valence-electron chi connectivity index (χ1n) is 11.3. The number of hydrogen-bond donors (Lipinski definition) is 4. The van der Waals surface area contributed by atoms with Gasteiger partial charge in [-0.3, -0.25) is 9.59 Å². The van der Waals surface area contributed by atoms with Gasteiger partial charge >= 0.3 is 0 Å². The van der Waals surface area contributed by atoms with Crippen molar-refractivity contribution >= 4 is 17.5 Å².